The van der Waals surface area contributed by atoms with E-state index >= 15 is 0 Å². The Morgan fingerprint density at radius 2 is 2.02 bits per heavy atom. The van der Waals surface area contributed by atoms with Crippen molar-refractivity contribution in [2.45, 2.75) is 59.4 Å². The first-order chi connectivity index (χ1) is 19.1. The Bertz CT molecular complexity index is 1740. The monoisotopic (exact) mass is 541 g/mol. The zero-order chi connectivity index (χ0) is 28.3. The zero-order valence-electron chi connectivity index (χ0n) is 23.5. The molecule has 0 amide bonds. The molecule has 3 N–H and O–H groups in total. The lowest BCUT2D eigenvalue weighted by atomic mass is 9.90. The van der Waals surface area contributed by atoms with E-state index in [1.807, 2.05) is 59.7 Å². The summed E-state index contributed by atoms with van der Waals surface area (Å²) in [5.74, 6) is 0.380. The van der Waals surface area contributed by atoms with Gasteiger partial charge >= 0.3 is 0 Å². The summed E-state index contributed by atoms with van der Waals surface area (Å²) in [7, 11) is 1.78. The molecular weight excluding hydrogens is 506 g/mol. The van der Waals surface area contributed by atoms with E-state index in [0.29, 0.717) is 22.6 Å². The minimum atomic E-state index is -0.892. The van der Waals surface area contributed by atoms with E-state index in [9.17, 15) is 15.0 Å². The maximum atomic E-state index is 13.7. The zero-order valence-corrected chi connectivity index (χ0v) is 23.5. The van der Waals surface area contributed by atoms with E-state index in [4.69, 9.17) is 0 Å². The van der Waals surface area contributed by atoms with Gasteiger partial charge in [-0.25, -0.2) is 4.98 Å². The fourth-order valence-electron chi connectivity index (χ4n) is 5.83. The Morgan fingerprint density at radius 3 is 2.75 bits per heavy atom. The highest BCUT2D eigenvalue weighted by atomic mass is 16.3. The molecule has 0 fully saturated rings. The minimum Gasteiger partial charge on any atom is -0.392 e. The molecule has 0 aromatic carbocycles. The lowest BCUT2D eigenvalue weighted by molar-refractivity contribution is 0.0878. The number of anilines is 1. The first-order valence-corrected chi connectivity index (χ1v) is 13.5. The average Bonchev–Trinajstić information content (AvgIpc) is 3.59. The number of rotatable bonds is 6. The quantitative estimate of drug-likeness (QED) is 0.343. The van der Waals surface area contributed by atoms with Crippen LogP contribution in [0.5, 0.6) is 0 Å². The van der Waals surface area contributed by atoms with E-state index in [-0.39, 0.29) is 23.6 Å². The van der Waals surface area contributed by atoms with Gasteiger partial charge in [-0.05, 0) is 61.4 Å². The number of pyridine rings is 1. The summed E-state index contributed by atoms with van der Waals surface area (Å²) in [6, 6.07) is 4.02. The molecule has 208 valence electrons. The van der Waals surface area contributed by atoms with Crippen molar-refractivity contribution in [2.24, 2.45) is 5.41 Å². The smallest absolute Gasteiger partial charge is 0.280 e. The molecule has 1 atom stereocenters. The van der Waals surface area contributed by atoms with Gasteiger partial charge in [0.15, 0.2) is 6.23 Å². The second-order valence-corrected chi connectivity index (χ2v) is 11.8. The van der Waals surface area contributed by atoms with Crippen molar-refractivity contribution in [2.75, 3.05) is 12.4 Å². The van der Waals surface area contributed by atoms with Gasteiger partial charge < -0.3 is 24.8 Å². The average molecular weight is 542 g/mol. The molecule has 5 heterocycles. The van der Waals surface area contributed by atoms with Crippen LogP contribution in [0.4, 0.5) is 5.69 Å². The van der Waals surface area contributed by atoms with Crippen LogP contribution in [0, 0.1) is 5.41 Å². The largest absolute Gasteiger partial charge is 0.392 e. The van der Waals surface area contributed by atoms with Crippen LogP contribution in [0.3, 0.4) is 0 Å². The summed E-state index contributed by atoms with van der Waals surface area (Å²) in [4.78, 5) is 19.9. The van der Waals surface area contributed by atoms with Crippen LogP contribution in [0.25, 0.3) is 16.9 Å². The third-order valence-corrected chi connectivity index (χ3v) is 7.82. The number of aliphatic hydroxyl groups is 2. The second-order valence-electron chi connectivity index (χ2n) is 11.8. The molecule has 0 radical (unpaired) electrons. The predicted molar refractivity (Wildman–Crippen MR) is 154 cm³/mol. The molecule has 1 aliphatic heterocycles. The molecule has 1 aliphatic carbocycles. The molecule has 4 aromatic heterocycles. The maximum Gasteiger partial charge on any atom is 0.280 e. The maximum absolute atomic E-state index is 13.7. The fourth-order valence-corrected chi connectivity index (χ4v) is 5.83. The lowest BCUT2D eigenvalue weighted by Crippen LogP contribution is -2.34. The highest BCUT2D eigenvalue weighted by Crippen LogP contribution is 2.37. The summed E-state index contributed by atoms with van der Waals surface area (Å²) in [5.41, 5.74) is 6.33. The van der Waals surface area contributed by atoms with Crippen molar-refractivity contribution in [1.29, 1.82) is 0 Å². The third-order valence-electron chi connectivity index (χ3n) is 7.82. The van der Waals surface area contributed by atoms with Gasteiger partial charge in [0.25, 0.3) is 5.56 Å². The van der Waals surface area contributed by atoms with E-state index in [0.717, 1.165) is 29.7 Å². The SMILES string of the molecule is CC(C)n1cc(NC2=CC(c3ccnc(-n4ccn5c6c(cc5c4=O)CC(C)(C)C6)c3CO)=CN(C)C2O)cn1. The van der Waals surface area contributed by atoms with Crippen LogP contribution in [-0.4, -0.2) is 52.1 Å². The molecular formula is C30H35N7O3. The lowest BCUT2D eigenvalue weighted by Gasteiger charge is -2.30. The van der Waals surface area contributed by atoms with Crippen LogP contribution in [0.1, 0.15) is 56.1 Å². The second kappa shape index (κ2) is 9.50. The van der Waals surface area contributed by atoms with Crippen molar-refractivity contribution < 1.29 is 10.2 Å². The number of fused-ring (bicyclic) bond motifs is 3. The van der Waals surface area contributed by atoms with Crippen molar-refractivity contribution in [3.8, 4) is 5.82 Å². The van der Waals surface area contributed by atoms with Crippen molar-refractivity contribution in [3.63, 3.8) is 0 Å². The summed E-state index contributed by atoms with van der Waals surface area (Å²) in [5, 5.41) is 29.0. The molecule has 0 bridgehead atoms. The normalized spacial score (nSPS) is 18.3. The molecule has 4 aromatic rings. The fraction of sp³-hybridized carbons (Fsp3) is 0.367. The summed E-state index contributed by atoms with van der Waals surface area (Å²) >= 11 is 0. The molecule has 40 heavy (non-hydrogen) atoms. The molecule has 2 aliphatic rings. The molecule has 0 saturated heterocycles. The number of nitrogens with one attached hydrogen (secondary N) is 1. The number of hydrogen-bond acceptors (Lipinski definition) is 7. The first-order valence-electron chi connectivity index (χ1n) is 13.5. The van der Waals surface area contributed by atoms with E-state index < -0.39 is 6.23 Å². The van der Waals surface area contributed by atoms with Gasteiger partial charge in [-0.1, -0.05) is 13.8 Å². The van der Waals surface area contributed by atoms with Crippen molar-refractivity contribution >= 4 is 16.8 Å². The Morgan fingerprint density at radius 1 is 1.23 bits per heavy atom. The number of likely N-dealkylation sites (N-methyl/N-ethyl adjacent to an activating group) is 1. The summed E-state index contributed by atoms with van der Waals surface area (Å²) < 4.78 is 5.34. The third kappa shape index (κ3) is 4.33. The summed E-state index contributed by atoms with van der Waals surface area (Å²) in [6.45, 7) is 8.26. The molecule has 10 nitrogen and oxygen atoms in total. The predicted octanol–water partition coefficient (Wildman–Crippen LogP) is 3.48. The molecule has 0 saturated carbocycles. The van der Waals surface area contributed by atoms with E-state index in [1.165, 1.54) is 15.8 Å². The Hall–Kier alpha value is -4.15. The Balaban J connectivity index is 1.40. The number of aromatic nitrogens is 5. The van der Waals surface area contributed by atoms with Gasteiger partial charge in [0.2, 0.25) is 0 Å². The van der Waals surface area contributed by atoms with Crippen LogP contribution < -0.4 is 10.9 Å². The van der Waals surface area contributed by atoms with Gasteiger partial charge in [-0.2, -0.15) is 5.10 Å². The molecule has 0 spiro atoms. The van der Waals surface area contributed by atoms with E-state index in [1.54, 1.807) is 30.5 Å². The number of allylic oxidation sites excluding steroid dienone is 2. The van der Waals surface area contributed by atoms with Crippen LogP contribution in [-0.2, 0) is 19.4 Å². The minimum absolute atomic E-state index is 0.181. The van der Waals surface area contributed by atoms with Gasteiger partial charge in [-0.3, -0.25) is 14.0 Å². The first kappa shape index (κ1) is 26.1. The van der Waals surface area contributed by atoms with Gasteiger partial charge in [-0.15, -0.1) is 0 Å². The molecule has 6 rings (SSSR count). The van der Waals surface area contributed by atoms with Gasteiger partial charge in [0.05, 0.1) is 24.2 Å². The number of nitrogens with zero attached hydrogens (tertiary/aromatic N) is 6. The van der Waals surface area contributed by atoms with Crippen LogP contribution >= 0.6 is 0 Å². The van der Waals surface area contributed by atoms with Crippen LogP contribution in [0.15, 0.2) is 65.9 Å². The Kier molecular flexibility index (Phi) is 6.19. The van der Waals surface area contributed by atoms with Gasteiger partial charge in [0.1, 0.15) is 11.3 Å². The highest BCUT2D eigenvalue weighted by molar-refractivity contribution is 5.79. The van der Waals surface area contributed by atoms with Crippen LogP contribution in [0.2, 0.25) is 0 Å². The topological polar surface area (TPSA) is 113 Å². The van der Waals surface area contributed by atoms with Gasteiger partial charge in [0, 0.05) is 60.9 Å². The molecule has 1 unspecified atom stereocenters. The van der Waals surface area contributed by atoms with Crippen molar-refractivity contribution in [3.05, 3.63) is 93.8 Å². The van der Waals surface area contributed by atoms with E-state index in [2.05, 4.69) is 29.2 Å². The number of aliphatic hydroxyl groups excluding tert-OH is 2. The molecule has 10 heteroatoms. The van der Waals surface area contributed by atoms with Crippen molar-refractivity contribution in [1.82, 2.24) is 28.6 Å². The summed E-state index contributed by atoms with van der Waals surface area (Å²) in [6.07, 6.45) is 13.5. The standard InChI is InChI=1S/C30H35N7O3/c1-18(2)37-16-21(14-32-37)33-24-10-20(15-34(5)28(24)39)22-6-7-31-27(23(22)17-38)36-9-8-35-25(29(36)40)11-19-12-30(3,4)13-26(19)35/h6-11,14-16,18,28,33,38-39H,12-13,17H2,1-5H3. The number of hydrogen-bond donors (Lipinski definition) is 3. The Labute approximate surface area is 232 Å². The highest BCUT2D eigenvalue weighted by Gasteiger charge is 2.32.